The topological polar surface area (TPSA) is 0 Å². The fourth-order valence-corrected chi connectivity index (χ4v) is 2.99. The second-order valence-electron chi connectivity index (χ2n) is 8.39. The largest absolute Gasteiger partial charge is 2.00 e. The van der Waals surface area contributed by atoms with Gasteiger partial charge in [0.15, 0.2) is 0 Å². The third-order valence-corrected chi connectivity index (χ3v) is 8.43. The molecular weight excluding hydrogens is 480 g/mol. The molecule has 0 radical (unpaired) electrons. The van der Waals surface area contributed by atoms with Crippen molar-refractivity contribution in [3.8, 4) is 0 Å². The Morgan fingerprint density at radius 1 is 0.517 bits per heavy atom. The number of hydrogen-bond acceptors (Lipinski definition) is 0. The molecule has 0 bridgehead atoms. The van der Waals surface area contributed by atoms with Gasteiger partial charge in [0.1, 0.15) is 0 Å². The molecule has 29 heavy (non-hydrogen) atoms. The van der Waals surface area contributed by atoms with Crippen LogP contribution in [0, 0.1) is 23.7 Å². The summed E-state index contributed by atoms with van der Waals surface area (Å²) in [7, 11) is 5.99. The van der Waals surface area contributed by atoms with E-state index in [0.717, 1.165) is 0 Å². The molecule has 0 N–H and O–H groups in total. The van der Waals surface area contributed by atoms with Gasteiger partial charge in [-0.2, -0.15) is 0 Å². The summed E-state index contributed by atoms with van der Waals surface area (Å²) in [5.74, 6) is 2.61. The zero-order chi connectivity index (χ0) is 21.0. The van der Waals surface area contributed by atoms with Gasteiger partial charge in [0.2, 0.25) is 0 Å². The van der Waals surface area contributed by atoms with E-state index in [2.05, 4.69) is 122 Å². The van der Waals surface area contributed by atoms with E-state index in [9.17, 15) is 0 Å². The van der Waals surface area contributed by atoms with E-state index in [1.54, 1.807) is 0 Å². The van der Waals surface area contributed by atoms with E-state index in [1.165, 1.54) is 0 Å². The molecule has 0 aliphatic rings. The molecule has 0 aliphatic carbocycles. The van der Waals surface area contributed by atoms with E-state index >= 15 is 0 Å². The number of rotatable bonds is 8. The summed E-state index contributed by atoms with van der Waals surface area (Å²) < 4.78 is 0. The van der Waals surface area contributed by atoms with Crippen molar-refractivity contribution < 1.29 is 41.3 Å². The van der Waals surface area contributed by atoms with Crippen molar-refractivity contribution >= 4 is 18.5 Å². The fourth-order valence-electron chi connectivity index (χ4n) is 2.77. The maximum Gasteiger partial charge on any atom is 2.00 e. The van der Waals surface area contributed by atoms with Crippen LogP contribution in [-0.4, -0.2) is 10.3 Å². The first kappa shape index (κ1) is 40.3. The molecule has 2 atom stereocenters. The quantitative estimate of drug-likeness (QED) is 0.259. The molecule has 2 unspecified atom stereocenters. The van der Waals surface area contributed by atoms with Gasteiger partial charge in [-0.3, -0.25) is 0 Å². The maximum atomic E-state index is 3.00. The van der Waals surface area contributed by atoms with Crippen molar-refractivity contribution in [2.45, 2.75) is 79.5 Å². The predicted octanol–water partition coefficient (Wildman–Crippen LogP) is 2.09. The first-order valence-electron chi connectivity index (χ1n) is 10.1. The van der Waals surface area contributed by atoms with Crippen molar-refractivity contribution in [3.05, 3.63) is 48.6 Å². The number of hydrogen-bond donors (Lipinski definition) is 0. The molecule has 5 heteroatoms. The molecule has 0 aromatic carbocycles. The van der Waals surface area contributed by atoms with E-state index in [4.69, 9.17) is 0 Å². The molecule has 0 amide bonds. The van der Waals surface area contributed by atoms with Gasteiger partial charge in [-0.15, -0.1) is 18.5 Å². The van der Waals surface area contributed by atoms with Gasteiger partial charge in [-0.25, -0.2) is 0 Å². The van der Waals surface area contributed by atoms with Crippen molar-refractivity contribution in [1.29, 1.82) is 0 Å². The third-order valence-electron chi connectivity index (χ3n) is 5.38. The Labute approximate surface area is 210 Å². The molecule has 176 valence electrons. The molecule has 0 heterocycles. The van der Waals surface area contributed by atoms with Crippen LogP contribution in [0.15, 0.2) is 48.6 Å². The monoisotopic (exact) mass is 524 g/mol. The maximum absolute atomic E-state index is 3.00. The molecule has 0 rings (SSSR count). The zero-order valence-electron chi connectivity index (χ0n) is 20.2. The summed E-state index contributed by atoms with van der Waals surface area (Å²) in [6, 6.07) is 0. The molecule has 0 nitrogen and oxygen atoms in total. The standard InChI is InChI=1S/2C12H23P.2ClH.Ni/c2*1-6-7-8-9-12(13,10(2)3)11(4)5;;;/h2*6-11H,13H2,1-5H3;2*1H;/q;;;;+2/p-2. The van der Waals surface area contributed by atoms with Crippen molar-refractivity contribution in [2.75, 3.05) is 0 Å². The normalized spacial score (nSPS) is 12.7. The van der Waals surface area contributed by atoms with Gasteiger partial charge >= 0.3 is 16.5 Å². The van der Waals surface area contributed by atoms with Crippen LogP contribution < -0.4 is 24.8 Å². The van der Waals surface area contributed by atoms with E-state index < -0.39 is 0 Å². The van der Waals surface area contributed by atoms with Gasteiger partial charge < -0.3 is 24.8 Å². The summed E-state index contributed by atoms with van der Waals surface area (Å²) in [4.78, 5) is 0. The Morgan fingerprint density at radius 3 is 0.862 bits per heavy atom. The molecule has 0 aromatic rings. The van der Waals surface area contributed by atoms with Crippen molar-refractivity contribution in [1.82, 2.24) is 0 Å². The predicted molar refractivity (Wildman–Crippen MR) is 132 cm³/mol. The van der Waals surface area contributed by atoms with E-state index in [1.807, 2.05) is 13.8 Å². The van der Waals surface area contributed by atoms with Crippen molar-refractivity contribution in [2.24, 2.45) is 23.7 Å². The van der Waals surface area contributed by atoms with Crippen LogP contribution in [-0.2, 0) is 16.5 Å². The van der Waals surface area contributed by atoms with Crippen LogP contribution >= 0.6 is 18.5 Å². The summed E-state index contributed by atoms with van der Waals surface area (Å²) in [5.41, 5.74) is 0. The van der Waals surface area contributed by atoms with Crippen LogP contribution in [0.2, 0.25) is 0 Å². The van der Waals surface area contributed by atoms with Gasteiger partial charge in [-0.1, -0.05) is 104 Å². The molecule has 0 saturated heterocycles. The molecule has 0 aromatic heterocycles. The van der Waals surface area contributed by atoms with Gasteiger partial charge in [0, 0.05) is 10.3 Å². The van der Waals surface area contributed by atoms with Gasteiger partial charge in [0.05, 0.1) is 0 Å². The Balaban J connectivity index is -0.000000120. The second-order valence-corrected chi connectivity index (χ2v) is 10.4. The van der Waals surface area contributed by atoms with Crippen LogP contribution in [0.1, 0.15) is 69.2 Å². The fraction of sp³-hybridized carbons (Fsp3) is 0.667. The average Bonchev–Trinajstić information content (AvgIpc) is 2.54. The van der Waals surface area contributed by atoms with E-state index in [0.29, 0.717) is 23.7 Å². The summed E-state index contributed by atoms with van der Waals surface area (Å²) >= 11 is 0. The Bertz CT molecular complexity index is 419. The minimum Gasteiger partial charge on any atom is -1.00 e. The van der Waals surface area contributed by atoms with Crippen LogP contribution in [0.25, 0.3) is 0 Å². The van der Waals surface area contributed by atoms with E-state index in [-0.39, 0.29) is 51.6 Å². The van der Waals surface area contributed by atoms with Crippen LogP contribution in [0.5, 0.6) is 0 Å². The summed E-state index contributed by atoms with van der Waals surface area (Å²) in [6.45, 7) is 22.2. The second kappa shape index (κ2) is 20.8. The number of halogens is 2. The minimum atomic E-state index is 0. The van der Waals surface area contributed by atoms with Crippen LogP contribution in [0.4, 0.5) is 0 Å². The van der Waals surface area contributed by atoms with Crippen molar-refractivity contribution in [3.63, 3.8) is 0 Å². The molecular formula is C24H46Cl2NiP2. The average molecular weight is 526 g/mol. The first-order valence-corrected chi connectivity index (χ1v) is 11.2. The minimum absolute atomic E-state index is 0. The smallest absolute Gasteiger partial charge is 1.00 e. The summed E-state index contributed by atoms with van der Waals surface area (Å²) in [6.07, 6.45) is 17.2. The number of allylic oxidation sites excluding steroid dienone is 8. The summed E-state index contributed by atoms with van der Waals surface area (Å²) in [5, 5.41) is 0.471. The van der Waals surface area contributed by atoms with Crippen LogP contribution in [0.3, 0.4) is 0 Å². The Morgan fingerprint density at radius 2 is 0.724 bits per heavy atom. The first-order chi connectivity index (χ1) is 11.9. The Kier molecular flexibility index (Phi) is 28.9. The van der Waals surface area contributed by atoms with Gasteiger partial charge in [-0.05, 0) is 37.5 Å². The van der Waals surface area contributed by atoms with Gasteiger partial charge in [0.25, 0.3) is 0 Å². The molecule has 0 saturated carbocycles. The SMILES string of the molecule is CC=CC=CC(P)(C(C)C)C(C)C.CC=CC=CC(P)(C(C)C)C(C)C.[Cl-].[Cl-].[Ni+2]. The molecule has 0 spiro atoms. The zero-order valence-corrected chi connectivity index (χ0v) is 25.0. The third kappa shape index (κ3) is 15.4. The molecule has 0 aliphatic heterocycles. The Hall–Kier alpha value is 0.894. The molecule has 0 fully saturated rings.